The fraction of sp³-hybridized carbons (Fsp3) is 0.308. The van der Waals surface area contributed by atoms with Crippen LogP contribution in [0.1, 0.15) is 19.2 Å². The largest absolute Gasteiger partial charge is 0.494 e. The van der Waals surface area contributed by atoms with E-state index in [-0.39, 0.29) is 5.03 Å². The van der Waals surface area contributed by atoms with Crippen LogP contribution in [-0.2, 0) is 10.0 Å². The Morgan fingerprint density at radius 2 is 2.00 bits per heavy atom. The second-order valence-electron chi connectivity index (χ2n) is 4.31. The van der Waals surface area contributed by atoms with Gasteiger partial charge in [0.25, 0.3) is 10.0 Å². The SMILES string of the molecule is CCCOc1ccc(NS(=O)(=O)c2cnc(C)[nH]2)cc1. The maximum atomic E-state index is 12.1. The molecule has 2 aromatic rings. The lowest BCUT2D eigenvalue weighted by Crippen LogP contribution is -2.13. The summed E-state index contributed by atoms with van der Waals surface area (Å²) in [4.78, 5) is 6.57. The van der Waals surface area contributed by atoms with Gasteiger partial charge in [0.1, 0.15) is 11.6 Å². The first kappa shape index (κ1) is 14.4. The smallest absolute Gasteiger partial charge is 0.278 e. The number of aromatic amines is 1. The molecule has 1 heterocycles. The van der Waals surface area contributed by atoms with Gasteiger partial charge in [0.15, 0.2) is 5.03 Å². The molecule has 0 saturated heterocycles. The van der Waals surface area contributed by atoms with E-state index in [1.165, 1.54) is 6.20 Å². The molecule has 0 saturated carbocycles. The molecule has 20 heavy (non-hydrogen) atoms. The normalized spacial score (nSPS) is 11.3. The summed E-state index contributed by atoms with van der Waals surface area (Å²) in [5, 5.41) is 0.0429. The zero-order valence-corrected chi connectivity index (χ0v) is 12.2. The molecule has 2 N–H and O–H groups in total. The van der Waals surface area contributed by atoms with E-state index in [2.05, 4.69) is 14.7 Å². The number of aryl methyl sites for hydroxylation is 1. The number of aromatic nitrogens is 2. The van der Waals surface area contributed by atoms with Crippen LogP contribution in [0.3, 0.4) is 0 Å². The fourth-order valence-electron chi connectivity index (χ4n) is 1.58. The lowest BCUT2D eigenvalue weighted by Gasteiger charge is -2.08. The highest BCUT2D eigenvalue weighted by Crippen LogP contribution is 2.18. The quantitative estimate of drug-likeness (QED) is 0.856. The van der Waals surface area contributed by atoms with Gasteiger partial charge < -0.3 is 9.72 Å². The molecule has 0 aliphatic rings. The van der Waals surface area contributed by atoms with Gasteiger partial charge >= 0.3 is 0 Å². The number of benzene rings is 1. The molecule has 0 aliphatic heterocycles. The number of anilines is 1. The molecular formula is C13H17N3O3S. The number of H-pyrrole nitrogens is 1. The van der Waals surface area contributed by atoms with Crippen LogP contribution >= 0.6 is 0 Å². The highest BCUT2D eigenvalue weighted by atomic mass is 32.2. The monoisotopic (exact) mass is 295 g/mol. The minimum Gasteiger partial charge on any atom is -0.494 e. The van der Waals surface area contributed by atoms with Gasteiger partial charge in [-0.15, -0.1) is 0 Å². The summed E-state index contributed by atoms with van der Waals surface area (Å²) in [5.41, 5.74) is 0.473. The van der Waals surface area contributed by atoms with Crippen molar-refractivity contribution < 1.29 is 13.2 Å². The van der Waals surface area contributed by atoms with E-state index in [4.69, 9.17) is 4.74 Å². The molecule has 6 nitrogen and oxygen atoms in total. The van der Waals surface area contributed by atoms with Crippen LogP contribution in [0.2, 0.25) is 0 Å². The average Bonchev–Trinajstić information content (AvgIpc) is 2.85. The first-order chi connectivity index (χ1) is 9.51. The van der Waals surface area contributed by atoms with Crippen molar-refractivity contribution >= 4 is 15.7 Å². The van der Waals surface area contributed by atoms with Crippen molar-refractivity contribution in [2.75, 3.05) is 11.3 Å². The molecule has 0 radical (unpaired) electrons. The average molecular weight is 295 g/mol. The van der Waals surface area contributed by atoms with E-state index < -0.39 is 10.0 Å². The Balaban J connectivity index is 2.09. The van der Waals surface area contributed by atoms with Crippen molar-refractivity contribution in [3.8, 4) is 5.75 Å². The van der Waals surface area contributed by atoms with E-state index >= 15 is 0 Å². The number of rotatable bonds is 6. The van der Waals surface area contributed by atoms with Crippen LogP contribution in [0, 0.1) is 6.92 Å². The van der Waals surface area contributed by atoms with Crippen LogP contribution in [0.25, 0.3) is 0 Å². The summed E-state index contributed by atoms with van der Waals surface area (Å²) < 4.78 is 32.0. The molecule has 1 aromatic carbocycles. The zero-order valence-electron chi connectivity index (χ0n) is 11.4. The lowest BCUT2D eigenvalue weighted by molar-refractivity contribution is 0.317. The van der Waals surface area contributed by atoms with Crippen molar-refractivity contribution in [1.29, 1.82) is 0 Å². The third kappa shape index (κ3) is 3.51. The predicted octanol–water partition coefficient (Wildman–Crippen LogP) is 2.31. The molecule has 0 fully saturated rings. The lowest BCUT2D eigenvalue weighted by atomic mass is 10.3. The molecule has 7 heteroatoms. The maximum Gasteiger partial charge on any atom is 0.278 e. The molecule has 0 aliphatic carbocycles. The van der Waals surface area contributed by atoms with Gasteiger partial charge in [0, 0.05) is 5.69 Å². The molecule has 0 unspecified atom stereocenters. The van der Waals surface area contributed by atoms with E-state index in [9.17, 15) is 8.42 Å². The summed E-state index contributed by atoms with van der Waals surface area (Å²) in [6, 6.07) is 6.77. The zero-order chi connectivity index (χ0) is 14.6. The van der Waals surface area contributed by atoms with Crippen molar-refractivity contribution in [1.82, 2.24) is 9.97 Å². The number of ether oxygens (including phenoxy) is 1. The van der Waals surface area contributed by atoms with E-state index in [1.807, 2.05) is 6.92 Å². The Morgan fingerprint density at radius 1 is 1.30 bits per heavy atom. The van der Waals surface area contributed by atoms with Crippen molar-refractivity contribution in [2.24, 2.45) is 0 Å². The van der Waals surface area contributed by atoms with Gasteiger partial charge in [0.2, 0.25) is 0 Å². The third-order valence-corrected chi connectivity index (χ3v) is 3.84. The number of hydrogen-bond acceptors (Lipinski definition) is 4. The summed E-state index contributed by atoms with van der Waals surface area (Å²) >= 11 is 0. The van der Waals surface area contributed by atoms with Crippen LogP contribution in [0.5, 0.6) is 5.75 Å². The predicted molar refractivity (Wildman–Crippen MR) is 76.4 cm³/mol. The second kappa shape index (κ2) is 5.96. The van der Waals surface area contributed by atoms with Gasteiger partial charge in [-0.1, -0.05) is 6.92 Å². The fourth-order valence-corrected chi connectivity index (χ4v) is 2.61. The van der Waals surface area contributed by atoms with Crippen molar-refractivity contribution in [3.05, 3.63) is 36.3 Å². The highest BCUT2D eigenvalue weighted by Gasteiger charge is 2.16. The highest BCUT2D eigenvalue weighted by molar-refractivity contribution is 7.92. The summed E-state index contributed by atoms with van der Waals surface area (Å²) in [6.45, 7) is 4.35. The first-order valence-electron chi connectivity index (χ1n) is 6.28. The Bertz CT molecular complexity index is 662. The standard InChI is InChI=1S/C13H17N3O3S/c1-3-8-19-12-6-4-11(5-7-12)16-20(17,18)13-9-14-10(2)15-13/h4-7,9,16H,3,8H2,1-2H3,(H,14,15). The van der Waals surface area contributed by atoms with Crippen LogP contribution < -0.4 is 9.46 Å². The molecule has 0 amide bonds. The molecule has 0 spiro atoms. The van der Waals surface area contributed by atoms with Crippen LogP contribution in [0.4, 0.5) is 5.69 Å². The number of nitrogens with zero attached hydrogens (tertiary/aromatic N) is 1. The Hall–Kier alpha value is -2.02. The summed E-state index contributed by atoms with van der Waals surface area (Å²) in [6.07, 6.45) is 2.21. The number of hydrogen-bond donors (Lipinski definition) is 2. The summed E-state index contributed by atoms with van der Waals surface area (Å²) in [7, 11) is -3.63. The Morgan fingerprint density at radius 3 is 2.55 bits per heavy atom. The van der Waals surface area contributed by atoms with Crippen LogP contribution in [0.15, 0.2) is 35.5 Å². The van der Waals surface area contributed by atoms with Crippen molar-refractivity contribution in [3.63, 3.8) is 0 Å². The number of sulfonamides is 1. The van der Waals surface area contributed by atoms with E-state index in [0.717, 1.165) is 6.42 Å². The molecule has 0 bridgehead atoms. The van der Waals surface area contributed by atoms with E-state index in [1.54, 1.807) is 31.2 Å². The number of imidazole rings is 1. The van der Waals surface area contributed by atoms with Gasteiger partial charge in [0.05, 0.1) is 12.8 Å². The first-order valence-corrected chi connectivity index (χ1v) is 7.77. The molecule has 2 rings (SSSR count). The van der Waals surface area contributed by atoms with Gasteiger partial charge in [-0.2, -0.15) is 8.42 Å². The molecule has 1 aromatic heterocycles. The Kier molecular flexibility index (Phi) is 4.29. The van der Waals surface area contributed by atoms with E-state index in [0.29, 0.717) is 23.9 Å². The van der Waals surface area contributed by atoms with Gasteiger partial charge in [-0.05, 0) is 37.6 Å². The summed E-state index contributed by atoms with van der Waals surface area (Å²) in [5.74, 6) is 1.26. The third-order valence-electron chi connectivity index (χ3n) is 2.55. The molecule has 0 atom stereocenters. The maximum absolute atomic E-state index is 12.1. The van der Waals surface area contributed by atoms with Gasteiger partial charge in [-0.25, -0.2) is 4.98 Å². The van der Waals surface area contributed by atoms with Crippen LogP contribution in [-0.4, -0.2) is 25.0 Å². The van der Waals surface area contributed by atoms with Gasteiger partial charge in [-0.3, -0.25) is 4.72 Å². The van der Waals surface area contributed by atoms with Crippen molar-refractivity contribution in [2.45, 2.75) is 25.3 Å². The minimum atomic E-state index is -3.63. The molecule has 108 valence electrons. The second-order valence-corrected chi connectivity index (χ2v) is 5.96. The Labute approximate surface area is 118 Å². The topological polar surface area (TPSA) is 84.1 Å². The number of nitrogens with one attached hydrogen (secondary N) is 2. The molecular weight excluding hydrogens is 278 g/mol. The minimum absolute atomic E-state index is 0.0429.